The fourth-order valence-corrected chi connectivity index (χ4v) is 2.69. The second-order valence-corrected chi connectivity index (χ2v) is 5.51. The van der Waals surface area contributed by atoms with E-state index in [1.54, 1.807) is 4.90 Å². The first-order chi connectivity index (χ1) is 10.1. The molecule has 0 aliphatic rings. The SMILES string of the molecule is CCc1oc2ccccc2c1CN(C)C(=O)C(C)CNC.Cl. The molecule has 1 amide bonds. The van der Waals surface area contributed by atoms with Crippen LogP contribution in [0.25, 0.3) is 11.0 Å². The minimum absolute atomic E-state index is 0. The Morgan fingerprint density at radius 2 is 2.05 bits per heavy atom. The van der Waals surface area contributed by atoms with Gasteiger partial charge in [-0.1, -0.05) is 32.0 Å². The van der Waals surface area contributed by atoms with Gasteiger partial charge in [-0.05, 0) is 13.1 Å². The van der Waals surface area contributed by atoms with Gasteiger partial charge >= 0.3 is 0 Å². The Balaban J connectivity index is 0.00000242. The molecule has 1 atom stereocenters. The zero-order valence-electron chi connectivity index (χ0n) is 13.7. The standard InChI is InChI=1S/C17H24N2O2.ClH/c1-5-15-14(13-8-6-7-9-16(13)21-15)11-19(4)17(20)12(2)10-18-3;/h6-9,12,18H,5,10-11H2,1-4H3;1H. The van der Waals surface area contributed by atoms with E-state index in [0.717, 1.165) is 28.7 Å². The lowest BCUT2D eigenvalue weighted by molar-refractivity contribution is -0.134. The van der Waals surface area contributed by atoms with Crippen molar-refractivity contribution in [1.82, 2.24) is 10.2 Å². The number of halogens is 1. The molecule has 22 heavy (non-hydrogen) atoms. The average Bonchev–Trinajstić information content (AvgIpc) is 2.84. The molecule has 2 rings (SSSR count). The molecule has 0 radical (unpaired) electrons. The molecule has 1 unspecified atom stereocenters. The Hall–Kier alpha value is -1.52. The molecule has 0 saturated heterocycles. The lowest BCUT2D eigenvalue weighted by Crippen LogP contribution is -2.35. The Labute approximate surface area is 138 Å². The first kappa shape index (κ1) is 18.5. The van der Waals surface area contributed by atoms with E-state index in [1.165, 1.54) is 0 Å². The molecule has 1 N–H and O–H groups in total. The van der Waals surface area contributed by atoms with Gasteiger partial charge in [0.1, 0.15) is 11.3 Å². The van der Waals surface area contributed by atoms with Crippen molar-refractivity contribution in [2.75, 3.05) is 20.6 Å². The highest BCUT2D eigenvalue weighted by Crippen LogP contribution is 2.27. The summed E-state index contributed by atoms with van der Waals surface area (Å²) in [4.78, 5) is 14.1. The first-order valence-corrected chi connectivity index (χ1v) is 7.47. The third-order valence-corrected chi connectivity index (χ3v) is 3.81. The van der Waals surface area contributed by atoms with Crippen LogP contribution >= 0.6 is 12.4 Å². The Bertz CT molecular complexity index is 624. The number of hydrogen-bond donors (Lipinski definition) is 1. The number of amides is 1. The number of hydrogen-bond acceptors (Lipinski definition) is 3. The average molecular weight is 325 g/mol. The summed E-state index contributed by atoms with van der Waals surface area (Å²) in [5, 5.41) is 4.16. The van der Waals surface area contributed by atoms with Crippen molar-refractivity contribution < 1.29 is 9.21 Å². The predicted octanol–water partition coefficient (Wildman–Crippen LogP) is 3.23. The number of carbonyl (C=O) groups is 1. The number of para-hydroxylation sites is 1. The molecule has 0 bridgehead atoms. The Morgan fingerprint density at radius 1 is 1.36 bits per heavy atom. The molecular weight excluding hydrogens is 300 g/mol. The maximum atomic E-state index is 12.4. The fraction of sp³-hybridized carbons (Fsp3) is 0.471. The van der Waals surface area contributed by atoms with Crippen LogP contribution in [-0.4, -0.2) is 31.4 Å². The van der Waals surface area contributed by atoms with E-state index in [1.807, 2.05) is 39.2 Å². The van der Waals surface area contributed by atoms with Crippen LogP contribution in [0, 0.1) is 5.92 Å². The van der Waals surface area contributed by atoms with Crippen molar-refractivity contribution in [1.29, 1.82) is 0 Å². The van der Waals surface area contributed by atoms with Gasteiger partial charge in [0.2, 0.25) is 5.91 Å². The van der Waals surface area contributed by atoms with Gasteiger partial charge in [0.05, 0.1) is 0 Å². The smallest absolute Gasteiger partial charge is 0.226 e. The zero-order valence-corrected chi connectivity index (χ0v) is 14.5. The van der Waals surface area contributed by atoms with E-state index in [0.29, 0.717) is 13.1 Å². The van der Waals surface area contributed by atoms with Crippen molar-refractivity contribution in [3.63, 3.8) is 0 Å². The largest absolute Gasteiger partial charge is 0.461 e. The quantitative estimate of drug-likeness (QED) is 0.887. The van der Waals surface area contributed by atoms with Crippen molar-refractivity contribution in [2.24, 2.45) is 5.92 Å². The molecule has 5 heteroatoms. The molecule has 2 aromatic rings. The summed E-state index contributed by atoms with van der Waals surface area (Å²) >= 11 is 0. The van der Waals surface area contributed by atoms with Crippen LogP contribution in [-0.2, 0) is 17.8 Å². The summed E-state index contributed by atoms with van der Waals surface area (Å²) in [6, 6.07) is 8.01. The molecule has 0 spiro atoms. The number of benzene rings is 1. The Kier molecular flexibility index (Phi) is 6.91. The van der Waals surface area contributed by atoms with E-state index in [2.05, 4.69) is 18.3 Å². The molecule has 1 aromatic heterocycles. The minimum Gasteiger partial charge on any atom is -0.461 e. The predicted molar refractivity (Wildman–Crippen MR) is 92.4 cm³/mol. The highest BCUT2D eigenvalue weighted by Gasteiger charge is 2.20. The monoisotopic (exact) mass is 324 g/mol. The number of carbonyl (C=O) groups excluding carboxylic acids is 1. The van der Waals surface area contributed by atoms with E-state index in [-0.39, 0.29) is 24.2 Å². The van der Waals surface area contributed by atoms with Crippen LogP contribution in [0.2, 0.25) is 0 Å². The summed E-state index contributed by atoms with van der Waals surface area (Å²) in [6.45, 7) is 5.30. The van der Waals surface area contributed by atoms with Crippen LogP contribution in [0.15, 0.2) is 28.7 Å². The first-order valence-electron chi connectivity index (χ1n) is 7.47. The van der Waals surface area contributed by atoms with Crippen molar-refractivity contribution in [3.8, 4) is 0 Å². The number of furan rings is 1. The van der Waals surface area contributed by atoms with Gasteiger partial charge in [0.25, 0.3) is 0 Å². The highest BCUT2D eigenvalue weighted by atomic mass is 35.5. The summed E-state index contributed by atoms with van der Waals surface area (Å²) in [5.74, 6) is 1.09. The van der Waals surface area contributed by atoms with Crippen LogP contribution in [0.1, 0.15) is 25.2 Å². The summed E-state index contributed by atoms with van der Waals surface area (Å²) < 4.78 is 5.89. The molecule has 0 fully saturated rings. The lowest BCUT2D eigenvalue weighted by Gasteiger charge is -2.21. The van der Waals surface area contributed by atoms with Gasteiger partial charge in [-0.25, -0.2) is 0 Å². The molecule has 0 aliphatic heterocycles. The van der Waals surface area contributed by atoms with Crippen molar-refractivity contribution >= 4 is 29.3 Å². The number of nitrogens with one attached hydrogen (secondary N) is 1. The van der Waals surface area contributed by atoms with Crippen LogP contribution in [0.3, 0.4) is 0 Å². The van der Waals surface area contributed by atoms with Crippen LogP contribution < -0.4 is 5.32 Å². The molecule has 4 nitrogen and oxygen atoms in total. The number of aryl methyl sites for hydroxylation is 1. The van der Waals surface area contributed by atoms with E-state index >= 15 is 0 Å². The third kappa shape index (κ3) is 3.81. The van der Waals surface area contributed by atoms with Crippen molar-refractivity contribution in [2.45, 2.75) is 26.8 Å². The zero-order chi connectivity index (χ0) is 15.4. The molecule has 0 saturated carbocycles. The number of fused-ring (bicyclic) bond motifs is 1. The maximum Gasteiger partial charge on any atom is 0.226 e. The van der Waals surface area contributed by atoms with Gasteiger partial charge in [-0.15, -0.1) is 12.4 Å². The topological polar surface area (TPSA) is 45.5 Å². The highest BCUT2D eigenvalue weighted by molar-refractivity contribution is 5.85. The lowest BCUT2D eigenvalue weighted by atomic mass is 10.1. The summed E-state index contributed by atoms with van der Waals surface area (Å²) in [6.07, 6.45) is 0.831. The molecule has 1 heterocycles. The molecular formula is C17H25ClN2O2. The van der Waals surface area contributed by atoms with Gasteiger partial charge in [-0.2, -0.15) is 0 Å². The Morgan fingerprint density at radius 3 is 2.68 bits per heavy atom. The minimum atomic E-state index is -0.0248. The molecule has 122 valence electrons. The van der Waals surface area contributed by atoms with E-state index in [9.17, 15) is 4.79 Å². The van der Waals surface area contributed by atoms with Gasteiger partial charge in [0, 0.05) is 43.4 Å². The second kappa shape index (κ2) is 8.20. The van der Waals surface area contributed by atoms with Gasteiger partial charge < -0.3 is 14.6 Å². The van der Waals surface area contributed by atoms with Gasteiger partial charge in [-0.3, -0.25) is 4.79 Å². The van der Waals surface area contributed by atoms with Gasteiger partial charge in [0.15, 0.2) is 0 Å². The maximum absolute atomic E-state index is 12.4. The fourth-order valence-electron chi connectivity index (χ4n) is 2.69. The van der Waals surface area contributed by atoms with Crippen LogP contribution in [0.5, 0.6) is 0 Å². The number of rotatable bonds is 6. The van der Waals surface area contributed by atoms with Crippen LogP contribution in [0.4, 0.5) is 0 Å². The molecule has 1 aromatic carbocycles. The van der Waals surface area contributed by atoms with E-state index in [4.69, 9.17) is 4.42 Å². The van der Waals surface area contributed by atoms with Crippen molar-refractivity contribution in [3.05, 3.63) is 35.6 Å². The second-order valence-electron chi connectivity index (χ2n) is 5.51. The normalized spacial score (nSPS) is 12.0. The third-order valence-electron chi connectivity index (χ3n) is 3.81. The van der Waals surface area contributed by atoms with E-state index < -0.39 is 0 Å². The molecule has 0 aliphatic carbocycles. The number of nitrogens with zero attached hydrogens (tertiary/aromatic N) is 1. The summed E-state index contributed by atoms with van der Waals surface area (Å²) in [5.41, 5.74) is 2.02. The summed E-state index contributed by atoms with van der Waals surface area (Å²) in [7, 11) is 3.72.